The van der Waals surface area contributed by atoms with Crippen molar-refractivity contribution in [3.05, 3.63) is 35.4 Å². The number of nitrogens with one attached hydrogen (secondary N) is 1. The molecule has 0 radical (unpaired) electrons. The van der Waals surface area contributed by atoms with E-state index in [0.717, 1.165) is 42.5 Å². The molecule has 1 fully saturated rings. The maximum absolute atomic E-state index is 13.3. The Bertz CT molecular complexity index is 371. The van der Waals surface area contributed by atoms with Crippen LogP contribution < -0.4 is 5.32 Å². The Morgan fingerprint density at radius 3 is 2.61 bits per heavy atom. The molecule has 1 N–H and O–H groups in total. The first-order valence-electron chi connectivity index (χ1n) is 6.48. The van der Waals surface area contributed by atoms with Crippen LogP contribution in [0, 0.1) is 17.6 Å². The number of rotatable bonds is 5. The Hall–Kier alpha value is -0.610. The standard InChI is InChI=1S/C14H19F2NS/c1-2-4-17-14(10-3-5-18-9-10)11-6-12(15)8-13(16)7-11/h6-8,10,14,17H,2-5,9H2,1H3. The second-order valence-corrected chi connectivity index (χ2v) is 5.91. The highest BCUT2D eigenvalue weighted by atomic mass is 32.2. The first-order chi connectivity index (χ1) is 8.70. The van der Waals surface area contributed by atoms with Crippen LogP contribution in [0.4, 0.5) is 8.78 Å². The Morgan fingerprint density at radius 1 is 1.33 bits per heavy atom. The lowest BCUT2D eigenvalue weighted by Crippen LogP contribution is -2.29. The first-order valence-corrected chi connectivity index (χ1v) is 7.63. The molecule has 1 aliphatic rings. The molecule has 2 rings (SSSR count). The van der Waals surface area contributed by atoms with E-state index in [1.165, 1.54) is 12.1 Å². The van der Waals surface area contributed by atoms with Gasteiger partial charge in [0, 0.05) is 12.1 Å². The Balaban J connectivity index is 2.20. The summed E-state index contributed by atoms with van der Waals surface area (Å²) >= 11 is 1.92. The summed E-state index contributed by atoms with van der Waals surface area (Å²) < 4.78 is 26.6. The van der Waals surface area contributed by atoms with E-state index in [0.29, 0.717) is 5.92 Å². The fraction of sp³-hybridized carbons (Fsp3) is 0.571. The van der Waals surface area contributed by atoms with Crippen molar-refractivity contribution in [3.8, 4) is 0 Å². The van der Waals surface area contributed by atoms with Gasteiger partial charge in [0.05, 0.1) is 0 Å². The summed E-state index contributed by atoms with van der Waals surface area (Å²) in [5, 5.41) is 3.44. The third kappa shape index (κ3) is 3.45. The van der Waals surface area contributed by atoms with Gasteiger partial charge in [-0.2, -0.15) is 11.8 Å². The largest absolute Gasteiger partial charge is 0.310 e. The molecule has 2 unspecified atom stereocenters. The van der Waals surface area contributed by atoms with Crippen molar-refractivity contribution in [1.82, 2.24) is 5.32 Å². The molecule has 0 bridgehead atoms. The second kappa shape index (κ2) is 6.53. The van der Waals surface area contributed by atoms with Gasteiger partial charge < -0.3 is 5.32 Å². The zero-order valence-corrected chi connectivity index (χ0v) is 11.4. The van der Waals surface area contributed by atoms with Crippen LogP contribution in [-0.2, 0) is 0 Å². The maximum atomic E-state index is 13.3. The van der Waals surface area contributed by atoms with Crippen molar-refractivity contribution in [2.45, 2.75) is 25.8 Å². The van der Waals surface area contributed by atoms with Gasteiger partial charge in [-0.1, -0.05) is 6.92 Å². The van der Waals surface area contributed by atoms with Gasteiger partial charge in [0.15, 0.2) is 0 Å². The number of hydrogen-bond acceptors (Lipinski definition) is 2. The molecule has 2 atom stereocenters. The summed E-state index contributed by atoms with van der Waals surface area (Å²) in [7, 11) is 0. The molecule has 1 heterocycles. The summed E-state index contributed by atoms with van der Waals surface area (Å²) in [6, 6.07) is 3.92. The number of halogens is 2. The normalized spacial score (nSPS) is 21.2. The fourth-order valence-corrected chi connectivity index (χ4v) is 3.72. The number of benzene rings is 1. The molecule has 1 saturated heterocycles. The SMILES string of the molecule is CCCNC(c1cc(F)cc(F)c1)C1CCSC1. The fourth-order valence-electron chi connectivity index (χ4n) is 2.43. The molecule has 0 amide bonds. The van der Waals surface area contributed by atoms with Crippen LogP contribution in [0.5, 0.6) is 0 Å². The molecule has 100 valence electrons. The summed E-state index contributed by atoms with van der Waals surface area (Å²) in [6.07, 6.45) is 2.14. The third-order valence-electron chi connectivity index (χ3n) is 3.29. The van der Waals surface area contributed by atoms with Gasteiger partial charge in [0.2, 0.25) is 0 Å². The summed E-state index contributed by atoms with van der Waals surface area (Å²) in [5.74, 6) is 1.72. The quantitative estimate of drug-likeness (QED) is 0.875. The van der Waals surface area contributed by atoms with Crippen molar-refractivity contribution >= 4 is 11.8 Å². The van der Waals surface area contributed by atoms with Gasteiger partial charge in [-0.05, 0) is 54.5 Å². The monoisotopic (exact) mass is 271 g/mol. The summed E-state index contributed by atoms with van der Waals surface area (Å²) in [5.41, 5.74) is 0.744. The summed E-state index contributed by atoms with van der Waals surface area (Å²) in [6.45, 7) is 2.98. The zero-order valence-electron chi connectivity index (χ0n) is 10.6. The van der Waals surface area contributed by atoms with Gasteiger partial charge in [0.25, 0.3) is 0 Å². The van der Waals surface area contributed by atoms with E-state index in [-0.39, 0.29) is 6.04 Å². The van der Waals surface area contributed by atoms with E-state index in [9.17, 15) is 8.78 Å². The van der Waals surface area contributed by atoms with Crippen LogP contribution in [0.15, 0.2) is 18.2 Å². The topological polar surface area (TPSA) is 12.0 Å². The average molecular weight is 271 g/mol. The van der Waals surface area contributed by atoms with Crippen molar-refractivity contribution in [2.24, 2.45) is 5.92 Å². The molecule has 4 heteroatoms. The Morgan fingerprint density at radius 2 is 2.06 bits per heavy atom. The Kier molecular flexibility index (Phi) is 5.01. The minimum Gasteiger partial charge on any atom is -0.310 e. The predicted molar refractivity (Wildman–Crippen MR) is 72.8 cm³/mol. The predicted octanol–water partition coefficient (Wildman–Crippen LogP) is 3.76. The molecule has 0 aromatic heterocycles. The summed E-state index contributed by atoms with van der Waals surface area (Å²) in [4.78, 5) is 0. The number of hydrogen-bond donors (Lipinski definition) is 1. The van der Waals surface area contributed by atoms with E-state index in [1.54, 1.807) is 0 Å². The zero-order chi connectivity index (χ0) is 13.0. The van der Waals surface area contributed by atoms with Crippen molar-refractivity contribution < 1.29 is 8.78 Å². The average Bonchev–Trinajstić information content (AvgIpc) is 2.82. The molecule has 1 nitrogen and oxygen atoms in total. The lowest BCUT2D eigenvalue weighted by atomic mass is 9.92. The molecule has 1 aliphatic heterocycles. The van der Waals surface area contributed by atoms with Crippen molar-refractivity contribution in [3.63, 3.8) is 0 Å². The van der Waals surface area contributed by atoms with Gasteiger partial charge in [-0.15, -0.1) is 0 Å². The molecule has 0 spiro atoms. The molecule has 0 aliphatic carbocycles. The van der Waals surface area contributed by atoms with Gasteiger partial charge >= 0.3 is 0 Å². The van der Waals surface area contributed by atoms with E-state index in [4.69, 9.17) is 0 Å². The second-order valence-electron chi connectivity index (χ2n) is 4.76. The van der Waals surface area contributed by atoms with Gasteiger partial charge in [-0.3, -0.25) is 0 Å². The molecular formula is C14H19F2NS. The van der Waals surface area contributed by atoms with Crippen LogP contribution in [0.3, 0.4) is 0 Å². The third-order valence-corrected chi connectivity index (χ3v) is 4.48. The highest BCUT2D eigenvalue weighted by molar-refractivity contribution is 7.99. The highest BCUT2D eigenvalue weighted by Gasteiger charge is 2.26. The van der Waals surface area contributed by atoms with Crippen molar-refractivity contribution in [1.29, 1.82) is 0 Å². The first kappa shape index (κ1) is 13.8. The van der Waals surface area contributed by atoms with Gasteiger partial charge in [0.1, 0.15) is 11.6 Å². The van der Waals surface area contributed by atoms with Crippen LogP contribution >= 0.6 is 11.8 Å². The molecule has 18 heavy (non-hydrogen) atoms. The highest BCUT2D eigenvalue weighted by Crippen LogP contribution is 2.34. The lowest BCUT2D eigenvalue weighted by Gasteiger charge is -2.25. The van der Waals surface area contributed by atoms with Crippen molar-refractivity contribution in [2.75, 3.05) is 18.1 Å². The van der Waals surface area contributed by atoms with E-state index >= 15 is 0 Å². The van der Waals surface area contributed by atoms with Crippen LogP contribution in [-0.4, -0.2) is 18.1 Å². The van der Waals surface area contributed by atoms with Gasteiger partial charge in [-0.25, -0.2) is 8.78 Å². The molecule has 1 aromatic rings. The van der Waals surface area contributed by atoms with E-state index in [2.05, 4.69) is 12.2 Å². The molecule has 0 saturated carbocycles. The lowest BCUT2D eigenvalue weighted by molar-refractivity contribution is 0.390. The Labute approximate surface area is 111 Å². The van der Waals surface area contributed by atoms with E-state index in [1.807, 2.05) is 11.8 Å². The number of thioether (sulfide) groups is 1. The minimum absolute atomic E-state index is 0.0742. The van der Waals surface area contributed by atoms with Crippen LogP contribution in [0.25, 0.3) is 0 Å². The van der Waals surface area contributed by atoms with Crippen LogP contribution in [0.2, 0.25) is 0 Å². The maximum Gasteiger partial charge on any atom is 0.126 e. The van der Waals surface area contributed by atoms with Crippen LogP contribution in [0.1, 0.15) is 31.4 Å². The minimum atomic E-state index is -0.487. The van der Waals surface area contributed by atoms with E-state index < -0.39 is 11.6 Å². The molecule has 1 aromatic carbocycles. The molecular weight excluding hydrogens is 252 g/mol. The smallest absolute Gasteiger partial charge is 0.126 e.